The highest BCUT2D eigenvalue weighted by atomic mass is 31.0. The van der Waals surface area contributed by atoms with Crippen molar-refractivity contribution < 1.29 is 0 Å². The van der Waals surface area contributed by atoms with E-state index in [2.05, 4.69) is 37.6 Å². The Morgan fingerprint density at radius 3 is 2.50 bits per heavy atom. The summed E-state index contributed by atoms with van der Waals surface area (Å²) in [5.74, 6) is 5.12. The average Bonchev–Trinajstić information content (AvgIpc) is 2.05. The van der Waals surface area contributed by atoms with Crippen LogP contribution in [0.3, 0.4) is 0 Å². The van der Waals surface area contributed by atoms with Crippen LogP contribution >= 0.6 is 8.19 Å². The van der Waals surface area contributed by atoms with Crippen molar-refractivity contribution in [3.63, 3.8) is 0 Å². The molecule has 0 saturated heterocycles. The summed E-state index contributed by atoms with van der Waals surface area (Å²) < 4.78 is 0. The van der Waals surface area contributed by atoms with E-state index in [9.17, 15) is 0 Å². The molecule has 1 unspecified atom stereocenters. The lowest BCUT2D eigenvalue weighted by atomic mass is 10.0. The molecule has 0 aliphatic carbocycles. The van der Waals surface area contributed by atoms with Crippen LogP contribution in [0.2, 0.25) is 0 Å². The van der Waals surface area contributed by atoms with Gasteiger partial charge in [-0.25, -0.2) is 0 Å². The van der Waals surface area contributed by atoms with E-state index < -0.39 is 0 Å². The van der Waals surface area contributed by atoms with Gasteiger partial charge in [0.2, 0.25) is 0 Å². The van der Waals surface area contributed by atoms with Gasteiger partial charge in [0.15, 0.2) is 0 Å². The van der Waals surface area contributed by atoms with Gasteiger partial charge in [0, 0.05) is 0 Å². The molecule has 0 aliphatic heterocycles. The third-order valence-corrected chi connectivity index (χ3v) is 2.53. The van der Waals surface area contributed by atoms with Crippen LogP contribution in [0.4, 0.5) is 0 Å². The van der Waals surface area contributed by atoms with Crippen molar-refractivity contribution in [1.29, 1.82) is 0 Å². The Hall–Kier alpha value is -0.350. The summed E-state index contributed by atoms with van der Waals surface area (Å²) in [6.07, 6.45) is 1.24. The average molecular weight is 152 g/mol. The molecule has 1 aromatic rings. The summed E-state index contributed by atoms with van der Waals surface area (Å²) in [6.45, 7) is 4.50. The van der Waals surface area contributed by atoms with Gasteiger partial charge >= 0.3 is 0 Å². The highest BCUT2D eigenvalue weighted by Crippen LogP contribution is 2.19. The second kappa shape index (κ2) is 3.73. The molecule has 1 heteroatoms. The number of rotatable bonds is 2. The maximum absolute atomic E-state index is 2.27. The Bertz CT molecular complexity index is 181. The van der Waals surface area contributed by atoms with Gasteiger partial charge in [-0.05, 0) is 29.5 Å². The van der Waals surface area contributed by atoms with Gasteiger partial charge in [0.25, 0.3) is 0 Å². The van der Waals surface area contributed by atoms with Crippen molar-refractivity contribution in [1.82, 2.24) is 0 Å². The van der Waals surface area contributed by atoms with Crippen LogP contribution in [-0.4, -0.2) is 0 Å². The van der Waals surface area contributed by atoms with Crippen molar-refractivity contribution >= 4 is 8.19 Å². The Morgan fingerprint density at radius 1 is 1.40 bits per heavy atom. The van der Waals surface area contributed by atoms with Crippen LogP contribution in [0.15, 0.2) is 23.7 Å². The lowest BCUT2D eigenvalue weighted by Gasteiger charge is -2.06. The summed E-state index contributed by atoms with van der Waals surface area (Å²) in [5, 5.41) is 0. The topological polar surface area (TPSA) is 0 Å². The third kappa shape index (κ3) is 1.82. The zero-order valence-electron chi connectivity index (χ0n) is 6.54. The molecular weight excluding hydrogens is 139 g/mol. The van der Waals surface area contributed by atoms with Gasteiger partial charge < -0.3 is 0 Å². The lowest BCUT2D eigenvalue weighted by Crippen LogP contribution is -1.88. The van der Waals surface area contributed by atoms with E-state index in [0.29, 0.717) is 0 Å². The Kier molecular flexibility index (Phi) is 2.89. The Labute approximate surface area is 64.4 Å². The standard InChI is InChI=1S/C9H13P/c1-3-8(2)9-4-6-10-7-5-9/h4-8H,3H2,1-2H3. The molecule has 0 fully saturated rings. The first-order valence-corrected chi connectivity index (χ1v) is 4.77. The first-order chi connectivity index (χ1) is 4.84. The molecule has 1 rings (SSSR count). The fourth-order valence-electron chi connectivity index (χ4n) is 0.928. The number of hydrogen-bond donors (Lipinski definition) is 0. The second-order valence-electron chi connectivity index (χ2n) is 2.59. The second-order valence-corrected chi connectivity index (χ2v) is 3.48. The largest absolute Gasteiger partial charge is 0.0765 e. The highest BCUT2D eigenvalue weighted by Gasteiger charge is 1.99. The highest BCUT2D eigenvalue weighted by molar-refractivity contribution is 7.28. The van der Waals surface area contributed by atoms with Gasteiger partial charge in [0.1, 0.15) is 0 Å². The van der Waals surface area contributed by atoms with E-state index in [-0.39, 0.29) is 0 Å². The van der Waals surface area contributed by atoms with Gasteiger partial charge in [-0.15, -0.1) is 0 Å². The molecule has 0 nitrogen and oxygen atoms in total. The fourth-order valence-corrected chi connectivity index (χ4v) is 1.54. The first-order valence-electron chi connectivity index (χ1n) is 3.74. The van der Waals surface area contributed by atoms with Crippen molar-refractivity contribution in [3.05, 3.63) is 29.3 Å². The molecule has 1 aromatic heterocycles. The minimum Gasteiger partial charge on any atom is -0.0765 e. The molecule has 10 heavy (non-hydrogen) atoms. The molecule has 1 atom stereocenters. The van der Waals surface area contributed by atoms with Crippen molar-refractivity contribution in [2.45, 2.75) is 26.2 Å². The zero-order valence-corrected chi connectivity index (χ0v) is 7.44. The molecular formula is C9H13P. The molecule has 54 valence electrons. The van der Waals surface area contributed by atoms with E-state index in [1.54, 1.807) is 0 Å². The molecule has 0 spiro atoms. The minimum absolute atomic E-state index is 0.725. The normalized spacial score (nSPS) is 13.0. The van der Waals surface area contributed by atoms with Gasteiger partial charge in [-0.3, -0.25) is 0 Å². The lowest BCUT2D eigenvalue weighted by molar-refractivity contribution is 0.734. The summed E-state index contributed by atoms with van der Waals surface area (Å²) >= 11 is 0. The van der Waals surface area contributed by atoms with E-state index in [4.69, 9.17) is 0 Å². The fraction of sp³-hybridized carbons (Fsp3) is 0.444. The third-order valence-electron chi connectivity index (χ3n) is 1.89. The molecule has 0 aliphatic rings. The summed E-state index contributed by atoms with van der Waals surface area (Å²) in [4.78, 5) is 0. The van der Waals surface area contributed by atoms with Crippen LogP contribution in [0.25, 0.3) is 0 Å². The SMILES string of the molecule is CCC(C)c1ccpcc1. The van der Waals surface area contributed by atoms with Gasteiger partial charge in [0.05, 0.1) is 0 Å². The molecule has 1 heterocycles. The van der Waals surface area contributed by atoms with Crippen molar-refractivity contribution in [2.24, 2.45) is 0 Å². The quantitative estimate of drug-likeness (QED) is 0.605. The summed E-state index contributed by atoms with van der Waals surface area (Å²) in [5.41, 5.74) is 1.47. The van der Waals surface area contributed by atoms with Crippen LogP contribution in [0, 0.1) is 0 Å². The molecule has 0 bridgehead atoms. The summed E-state index contributed by atoms with van der Waals surface area (Å²) in [7, 11) is 1.32. The van der Waals surface area contributed by atoms with Crippen LogP contribution in [-0.2, 0) is 0 Å². The summed E-state index contributed by atoms with van der Waals surface area (Å²) in [6, 6.07) is 4.46. The molecule has 0 aromatic carbocycles. The molecule has 0 saturated carbocycles. The van der Waals surface area contributed by atoms with Crippen LogP contribution < -0.4 is 0 Å². The maximum atomic E-state index is 2.27. The minimum atomic E-state index is 0.725. The van der Waals surface area contributed by atoms with Crippen molar-refractivity contribution in [2.75, 3.05) is 0 Å². The smallest absolute Gasteiger partial charge is 0.0193 e. The molecule has 0 N–H and O–H groups in total. The number of hydrogen-bond acceptors (Lipinski definition) is 0. The van der Waals surface area contributed by atoms with E-state index in [1.807, 2.05) is 0 Å². The van der Waals surface area contributed by atoms with E-state index in [0.717, 1.165) is 5.92 Å². The Morgan fingerprint density at radius 2 is 2.00 bits per heavy atom. The predicted molar refractivity (Wildman–Crippen MR) is 47.7 cm³/mol. The maximum Gasteiger partial charge on any atom is -0.0193 e. The van der Waals surface area contributed by atoms with Gasteiger partial charge in [-0.1, -0.05) is 34.2 Å². The van der Waals surface area contributed by atoms with E-state index in [1.165, 1.54) is 20.2 Å². The monoisotopic (exact) mass is 152 g/mol. The Balaban J connectivity index is 2.75. The zero-order chi connectivity index (χ0) is 7.40. The van der Waals surface area contributed by atoms with Crippen LogP contribution in [0.1, 0.15) is 31.7 Å². The van der Waals surface area contributed by atoms with Crippen molar-refractivity contribution in [3.8, 4) is 0 Å². The van der Waals surface area contributed by atoms with Gasteiger partial charge in [-0.2, -0.15) is 0 Å². The predicted octanol–water partition coefficient (Wildman–Crippen LogP) is 3.78. The van der Waals surface area contributed by atoms with Crippen LogP contribution in [0.5, 0.6) is 0 Å². The molecule has 0 amide bonds. The molecule has 0 radical (unpaired) electrons. The first kappa shape index (κ1) is 7.75. The van der Waals surface area contributed by atoms with E-state index >= 15 is 0 Å².